The number of nitrogens with zero attached hydrogens (tertiary/aromatic N) is 1. The summed E-state index contributed by atoms with van der Waals surface area (Å²) in [5, 5.41) is 0.303. The molecule has 0 bridgehead atoms. The van der Waals surface area contributed by atoms with Gasteiger partial charge in [-0.1, -0.05) is 30.2 Å². The molecule has 6 nitrogen and oxygen atoms in total. The van der Waals surface area contributed by atoms with Crippen molar-refractivity contribution < 1.29 is 14.4 Å². The first-order valence-electron chi connectivity index (χ1n) is 7.19. The van der Waals surface area contributed by atoms with E-state index in [0.717, 1.165) is 19.3 Å². The monoisotopic (exact) mass is 323 g/mol. The Morgan fingerprint density at radius 1 is 1.14 bits per heavy atom. The zero-order valence-corrected chi connectivity index (χ0v) is 12.9. The van der Waals surface area contributed by atoms with E-state index < -0.39 is 11.8 Å². The second-order valence-electron chi connectivity index (χ2n) is 5.11. The maximum atomic E-state index is 11.9. The number of halogens is 1. The number of nitrogens with one attached hydrogen (secondary N) is 2. The van der Waals surface area contributed by atoms with Crippen LogP contribution in [0.3, 0.4) is 0 Å². The molecule has 2 rings (SSSR count). The van der Waals surface area contributed by atoms with Crippen molar-refractivity contribution >= 4 is 29.3 Å². The molecule has 22 heavy (non-hydrogen) atoms. The number of hydrazine groups is 1. The highest BCUT2D eigenvalue weighted by Gasteiger charge is 2.19. The number of rotatable bonds is 3. The molecule has 0 saturated carbocycles. The maximum absolute atomic E-state index is 11.9. The van der Waals surface area contributed by atoms with Crippen LogP contribution < -0.4 is 10.9 Å². The molecule has 1 aromatic carbocycles. The normalized spacial score (nSPS) is 15.1. The number of benzene rings is 1. The van der Waals surface area contributed by atoms with Crippen molar-refractivity contribution in [1.29, 1.82) is 0 Å². The van der Waals surface area contributed by atoms with Gasteiger partial charge in [0.05, 0.1) is 10.6 Å². The molecule has 1 saturated heterocycles. The summed E-state index contributed by atoms with van der Waals surface area (Å²) < 4.78 is 0. The van der Waals surface area contributed by atoms with Crippen LogP contribution in [-0.2, 0) is 9.59 Å². The van der Waals surface area contributed by atoms with Gasteiger partial charge in [0.2, 0.25) is 5.91 Å². The summed E-state index contributed by atoms with van der Waals surface area (Å²) in [6.07, 6.45) is 3.22. The summed E-state index contributed by atoms with van der Waals surface area (Å²) in [7, 11) is 0. The zero-order valence-electron chi connectivity index (χ0n) is 12.1. The van der Waals surface area contributed by atoms with Gasteiger partial charge in [-0.2, -0.15) is 0 Å². The summed E-state index contributed by atoms with van der Waals surface area (Å²) in [5.41, 5.74) is 4.88. The lowest BCUT2D eigenvalue weighted by Gasteiger charge is -2.19. The van der Waals surface area contributed by atoms with Gasteiger partial charge >= 0.3 is 0 Å². The highest BCUT2D eigenvalue weighted by Crippen LogP contribution is 2.14. The van der Waals surface area contributed by atoms with Crippen molar-refractivity contribution in [2.45, 2.75) is 25.7 Å². The third kappa shape index (κ3) is 4.46. The number of carbonyl (C=O) groups is 3. The van der Waals surface area contributed by atoms with E-state index in [4.69, 9.17) is 11.6 Å². The fourth-order valence-corrected chi connectivity index (χ4v) is 2.48. The van der Waals surface area contributed by atoms with Crippen LogP contribution in [0.25, 0.3) is 0 Å². The fourth-order valence-electron chi connectivity index (χ4n) is 2.26. The standard InChI is InChI=1S/C15H18ClN3O3/c16-12-7-4-3-6-11(12)15(22)18-17-13(20)10-19-9-5-1-2-8-14(19)21/h3-4,6-7H,1-2,5,8-10H2,(H,17,20)(H,18,22). The van der Waals surface area contributed by atoms with Crippen molar-refractivity contribution in [3.8, 4) is 0 Å². The molecule has 0 radical (unpaired) electrons. The van der Waals surface area contributed by atoms with E-state index in [1.54, 1.807) is 24.3 Å². The highest BCUT2D eigenvalue weighted by molar-refractivity contribution is 6.33. The van der Waals surface area contributed by atoms with Crippen LogP contribution in [-0.4, -0.2) is 35.7 Å². The average Bonchev–Trinajstić information content (AvgIpc) is 2.70. The molecular weight excluding hydrogens is 306 g/mol. The molecular formula is C15H18ClN3O3. The van der Waals surface area contributed by atoms with Crippen molar-refractivity contribution in [3.63, 3.8) is 0 Å². The van der Waals surface area contributed by atoms with Crippen molar-refractivity contribution in [2.24, 2.45) is 0 Å². The van der Waals surface area contributed by atoms with Gasteiger partial charge in [0, 0.05) is 13.0 Å². The van der Waals surface area contributed by atoms with E-state index in [2.05, 4.69) is 10.9 Å². The highest BCUT2D eigenvalue weighted by atomic mass is 35.5. The fraction of sp³-hybridized carbons (Fsp3) is 0.400. The molecule has 1 aliphatic rings. The van der Waals surface area contributed by atoms with Crippen LogP contribution in [0.5, 0.6) is 0 Å². The van der Waals surface area contributed by atoms with Crippen LogP contribution >= 0.6 is 11.6 Å². The molecule has 0 aliphatic carbocycles. The minimum Gasteiger partial charge on any atom is -0.333 e. The molecule has 3 amide bonds. The molecule has 7 heteroatoms. The van der Waals surface area contributed by atoms with Crippen LogP contribution in [0.1, 0.15) is 36.0 Å². The first kappa shape index (κ1) is 16.3. The van der Waals surface area contributed by atoms with E-state index >= 15 is 0 Å². The molecule has 1 fully saturated rings. The van der Waals surface area contributed by atoms with E-state index in [1.807, 2.05) is 0 Å². The predicted octanol–water partition coefficient (Wildman–Crippen LogP) is 1.50. The molecule has 118 valence electrons. The van der Waals surface area contributed by atoms with Gasteiger partial charge < -0.3 is 4.90 Å². The molecule has 2 N–H and O–H groups in total. The van der Waals surface area contributed by atoms with Crippen molar-refractivity contribution in [3.05, 3.63) is 34.9 Å². The first-order valence-corrected chi connectivity index (χ1v) is 7.57. The zero-order chi connectivity index (χ0) is 15.9. The largest absolute Gasteiger partial charge is 0.333 e. The maximum Gasteiger partial charge on any atom is 0.271 e. The Labute approximate surface area is 133 Å². The van der Waals surface area contributed by atoms with E-state index in [-0.39, 0.29) is 18.0 Å². The lowest BCUT2D eigenvalue weighted by atomic mass is 10.2. The second-order valence-corrected chi connectivity index (χ2v) is 5.52. The quantitative estimate of drug-likeness (QED) is 0.827. The van der Waals surface area contributed by atoms with E-state index in [1.165, 1.54) is 4.90 Å². The van der Waals surface area contributed by atoms with Crippen LogP contribution in [0.4, 0.5) is 0 Å². The first-order chi connectivity index (χ1) is 10.6. The molecule has 1 heterocycles. The lowest BCUT2D eigenvalue weighted by Crippen LogP contribution is -2.47. The summed E-state index contributed by atoms with van der Waals surface area (Å²) in [4.78, 5) is 37.0. The Kier molecular flexibility index (Phi) is 5.77. The van der Waals surface area contributed by atoms with Gasteiger partial charge in [-0.25, -0.2) is 0 Å². The average molecular weight is 324 g/mol. The number of amides is 3. The Morgan fingerprint density at radius 3 is 2.68 bits per heavy atom. The third-order valence-corrected chi connectivity index (χ3v) is 3.77. The minimum atomic E-state index is -0.499. The Bertz CT molecular complexity index is 577. The van der Waals surface area contributed by atoms with Gasteiger partial charge in [0.1, 0.15) is 6.54 Å². The van der Waals surface area contributed by atoms with Gasteiger partial charge in [0.25, 0.3) is 11.8 Å². The second kappa shape index (κ2) is 7.79. The lowest BCUT2D eigenvalue weighted by molar-refractivity contribution is -0.135. The van der Waals surface area contributed by atoms with Crippen LogP contribution in [0.2, 0.25) is 5.02 Å². The summed E-state index contributed by atoms with van der Waals surface area (Å²) in [6, 6.07) is 6.54. The molecule has 0 unspecified atom stereocenters. The Morgan fingerprint density at radius 2 is 1.91 bits per heavy atom. The molecule has 0 aromatic heterocycles. The summed E-state index contributed by atoms with van der Waals surface area (Å²) >= 11 is 5.90. The van der Waals surface area contributed by atoms with Gasteiger partial charge in [-0.15, -0.1) is 0 Å². The number of hydrogen-bond donors (Lipinski definition) is 2. The topological polar surface area (TPSA) is 78.5 Å². The van der Waals surface area contributed by atoms with Crippen LogP contribution in [0.15, 0.2) is 24.3 Å². The van der Waals surface area contributed by atoms with E-state index in [0.29, 0.717) is 18.0 Å². The molecule has 0 atom stereocenters. The number of hydrogen-bond acceptors (Lipinski definition) is 3. The van der Waals surface area contributed by atoms with E-state index in [9.17, 15) is 14.4 Å². The van der Waals surface area contributed by atoms with Crippen molar-refractivity contribution in [2.75, 3.05) is 13.1 Å². The summed E-state index contributed by atoms with van der Waals surface area (Å²) in [5.74, 6) is -0.957. The number of likely N-dealkylation sites (tertiary alicyclic amines) is 1. The predicted molar refractivity (Wildman–Crippen MR) is 82.1 cm³/mol. The smallest absolute Gasteiger partial charge is 0.271 e. The SMILES string of the molecule is O=C(CN1CCCCCC1=O)NNC(=O)c1ccccc1Cl. The van der Waals surface area contributed by atoms with Crippen molar-refractivity contribution in [1.82, 2.24) is 15.8 Å². The minimum absolute atomic E-state index is 0.0231. The van der Waals surface area contributed by atoms with Gasteiger partial charge in [-0.05, 0) is 25.0 Å². The molecule has 0 spiro atoms. The Balaban J connectivity index is 1.83. The summed E-state index contributed by atoms with van der Waals surface area (Å²) in [6.45, 7) is 0.520. The molecule has 1 aromatic rings. The van der Waals surface area contributed by atoms with Gasteiger partial charge in [0.15, 0.2) is 0 Å². The van der Waals surface area contributed by atoms with Gasteiger partial charge in [-0.3, -0.25) is 25.2 Å². The molecule has 1 aliphatic heterocycles. The third-order valence-electron chi connectivity index (χ3n) is 3.44. The number of carbonyl (C=O) groups excluding carboxylic acids is 3. The Hall–Kier alpha value is -2.08. The van der Waals surface area contributed by atoms with Crippen LogP contribution in [0, 0.1) is 0 Å².